The van der Waals surface area contributed by atoms with E-state index in [9.17, 15) is 18.0 Å². The molecule has 0 amide bonds. The maximum Gasteiger partial charge on any atom is 0.401 e. The Morgan fingerprint density at radius 1 is 1.33 bits per heavy atom. The molecule has 0 saturated carbocycles. The Kier molecular flexibility index (Phi) is 5.07. The van der Waals surface area contributed by atoms with Gasteiger partial charge in [0, 0.05) is 6.04 Å². The van der Waals surface area contributed by atoms with Crippen molar-refractivity contribution >= 4 is 5.97 Å². The smallest absolute Gasteiger partial charge is 0.401 e. The molecular formula is C9H16F3NO2. The normalized spacial score (nSPS) is 14.5. The Balaban J connectivity index is 4.60. The summed E-state index contributed by atoms with van der Waals surface area (Å²) in [5, 5.41) is 0. The van der Waals surface area contributed by atoms with Crippen molar-refractivity contribution in [3.05, 3.63) is 0 Å². The van der Waals surface area contributed by atoms with Crippen LogP contribution in [0.15, 0.2) is 0 Å². The molecule has 1 atom stereocenters. The molecule has 0 aromatic carbocycles. The van der Waals surface area contributed by atoms with Gasteiger partial charge in [0.1, 0.15) is 6.04 Å². The van der Waals surface area contributed by atoms with E-state index in [4.69, 9.17) is 0 Å². The van der Waals surface area contributed by atoms with Gasteiger partial charge in [-0.25, -0.2) is 0 Å². The molecule has 0 heterocycles. The van der Waals surface area contributed by atoms with Crippen LogP contribution < -0.4 is 0 Å². The van der Waals surface area contributed by atoms with Gasteiger partial charge >= 0.3 is 12.1 Å². The number of hydrogen-bond acceptors (Lipinski definition) is 3. The minimum absolute atomic E-state index is 0.374. The topological polar surface area (TPSA) is 29.5 Å². The van der Waals surface area contributed by atoms with Crippen LogP contribution in [0.5, 0.6) is 0 Å². The highest BCUT2D eigenvalue weighted by Gasteiger charge is 2.36. The van der Waals surface area contributed by atoms with Gasteiger partial charge in [-0.3, -0.25) is 9.69 Å². The standard InChI is InChI=1S/C9H16F3NO2/c1-6(2)13(5-9(10,11)12)7(3)8(14)15-4/h6-7H,5H2,1-4H3. The summed E-state index contributed by atoms with van der Waals surface area (Å²) in [6, 6.07) is -1.27. The predicted molar refractivity (Wildman–Crippen MR) is 49.4 cm³/mol. The molecule has 0 aliphatic heterocycles. The number of hydrogen-bond donors (Lipinski definition) is 0. The van der Waals surface area contributed by atoms with Gasteiger partial charge in [-0.1, -0.05) is 0 Å². The molecule has 0 aliphatic rings. The molecule has 90 valence electrons. The highest BCUT2D eigenvalue weighted by atomic mass is 19.4. The van der Waals surface area contributed by atoms with Crippen molar-refractivity contribution in [2.75, 3.05) is 13.7 Å². The van der Waals surface area contributed by atoms with Crippen LogP contribution in [0, 0.1) is 0 Å². The molecule has 0 bridgehead atoms. The average molecular weight is 227 g/mol. The SMILES string of the molecule is COC(=O)C(C)N(CC(F)(F)F)C(C)C. The van der Waals surface area contributed by atoms with Crippen LogP contribution in [-0.4, -0.2) is 42.8 Å². The number of rotatable bonds is 4. The molecule has 0 radical (unpaired) electrons. The lowest BCUT2D eigenvalue weighted by Gasteiger charge is -2.31. The molecule has 15 heavy (non-hydrogen) atoms. The number of alkyl halides is 3. The van der Waals surface area contributed by atoms with E-state index in [-0.39, 0.29) is 6.04 Å². The number of halogens is 3. The minimum atomic E-state index is -4.31. The van der Waals surface area contributed by atoms with Crippen molar-refractivity contribution in [3.8, 4) is 0 Å². The number of nitrogens with zero attached hydrogens (tertiary/aromatic N) is 1. The summed E-state index contributed by atoms with van der Waals surface area (Å²) in [4.78, 5) is 12.2. The van der Waals surface area contributed by atoms with Crippen molar-refractivity contribution in [2.24, 2.45) is 0 Å². The molecule has 0 aromatic heterocycles. The van der Waals surface area contributed by atoms with E-state index >= 15 is 0 Å². The van der Waals surface area contributed by atoms with E-state index in [0.717, 1.165) is 12.0 Å². The zero-order valence-electron chi connectivity index (χ0n) is 9.26. The molecule has 0 rings (SSSR count). The zero-order valence-corrected chi connectivity index (χ0v) is 9.26. The fourth-order valence-electron chi connectivity index (χ4n) is 1.28. The second kappa shape index (κ2) is 5.34. The first-order chi connectivity index (χ1) is 6.69. The third-order valence-corrected chi connectivity index (χ3v) is 2.06. The van der Waals surface area contributed by atoms with Gasteiger partial charge in [0.05, 0.1) is 13.7 Å². The molecular weight excluding hydrogens is 211 g/mol. The fraction of sp³-hybridized carbons (Fsp3) is 0.889. The second-order valence-electron chi connectivity index (χ2n) is 3.58. The first kappa shape index (κ1) is 14.2. The molecule has 6 heteroatoms. The quantitative estimate of drug-likeness (QED) is 0.686. The van der Waals surface area contributed by atoms with Crippen molar-refractivity contribution in [1.29, 1.82) is 0 Å². The van der Waals surface area contributed by atoms with Crippen LogP contribution in [0.2, 0.25) is 0 Å². The highest BCUT2D eigenvalue weighted by molar-refractivity contribution is 5.75. The third kappa shape index (κ3) is 5.01. The fourth-order valence-corrected chi connectivity index (χ4v) is 1.28. The van der Waals surface area contributed by atoms with Crippen molar-refractivity contribution < 1.29 is 22.7 Å². The third-order valence-electron chi connectivity index (χ3n) is 2.06. The van der Waals surface area contributed by atoms with Crippen LogP contribution in [0.1, 0.15) is 20.8 Å². The molecule has 0 N–H and O–H groups in total. The molecule has 0 fully saturated rings. The lowest BCUT2D eigenvalue weighted by molar-refractivity contribution is -0.165. The van der Waals surface area contributed by atoms with E-state index < -0.39 is 24.7 Å². The van der Waals surface area contributed by atoms with Gasteiger partial charge in [0.15, 0.2) is 0 Å². The summed E-state index contributed by atoms with van der Waals surface area (Å²) in [6.07, 6.45) is -4.31. The average Bonchev–Trinajstić information content (AvgIpc) is 2.10. The molecule has 0 spiro atoms. The van der Waals surface area contributed by atoms with Crippen LogP contribution in [0.25, 0.3) is 0 Å². The Morgan fingerprint density at radius 2 is 1.80 bits per heavy atom. The van der Waals surface area contributed by atoms with Crippen LogP contribution >= 0.6 is 0 Å². The number of esters is 1. The molecule has 3 nitrogen and oxygen atoms in total. The largest absolute Gasteiger partial charge is 0.468 e. The Morgan fingerprint density at radius 3 is 2.07 bits per heavy atom. The first-order valence-electron chi connectivity index (χ1n) is 4.59. The van der Waals surface area contributed by atoms with Crippen molar-refractivity contribution in [3.63, 3.8) is 0 Å². The number of methoxy groups -OCH3 is 1. The van der Waals surface area contributed by atoms with E-state index in [1.54, 1.807) is 13.8 Å². The molecule has 0 saturated heterocycles. The van der Waals surface area contributed by atoms with Crippen LogP contribution in [-0.2, 0) is 9.53 Å². The van der Waals surface area contributed by atoms with Gasteiger partial charge in [0.2, 0.25) is 0 Å². The Labute approximate surface area is 87.2 Å². The van der Waals surface area contributed by atoms with Crippen LogP contribution in [0.3, 0.4) is 0 Å². The number of carbonyl (C=O) groups excluding carboxylic acids is 1. The Bertz CT molecular complexity index is 216. The highest BCUT2D eigenvalue weighted by Crippen LogP contribution is 2.20. The number of ether oxygens (including phenoxy) is 1. The minimum Gasteiger partial charge on any atom is -0.468 e. The number of carbonyl (C=O) groups is 1. The van der Waals surface area contributed by atoms with E-state index in [2.05, 4.69) is 4.74 Å². The van der Waals surface area contributed by atoms with Gasteiger partial charge < -0.3 is 4.74 Å². The van der Waals surface area contributed by atoms with Crippen molar-refractivity contribution in [1.82, 2.24) is 4.90 Å². The second-order valence-corrected chi connectivity index (χ2v) is 3.58. The summed E-state index contributed by atoms with van der Waals surface area (Å²) in [6.45, 7) is 3.49. The predicted octanol–water partition coefficient (Wildman–Crippen LogP) is 1.82. The summed E-state index contributed by atoms with van der Waals surface area (Å²) in [7, 11) is 1.16. The summed E-state index contributed by atoms with van der Waals surface area (Å²) < 4.78 is 41.0. The molecule has 1 unspecified atom stereocenters. The molecule has 0 aromatic rings. The Hall–Kier alpha value is -0.780. The van der Waals surface area contributed by atoms with Gasteiger partial charge in [-0.05, 0) is 20.8 Å². The van der Waals surface area contributed by atoms with Crippen molar-refractivity contribution in [2.45, 2.75) is 39.0 Å². The molecule has 0 aliphatic carbocycles. The lowest BCUT2D eigenvalue weighted by Crippen LogP contribution is -2.48. The maximum atomic E-state index is 12.2. The summed E-state index contributed by atoms with van der Waals surface area (Å²) >= 11 is 0. The zero-order chi connectivity index (χ0) is 12.2. The van der Waals surface area contributed by atoms with E-state index in [0.29, 0.717) is 0 Å². The van der Waals surface area contributed by atoms with E-state index in [1.807, 2.05) is 0 Å². The van der Waals surface area contributed by atoms with Gasteiger partial charge in [-0.2, -0.15) is 13.2 Å². The maximum absolute atomic E-state index is 12.2. The summed E-state index contributed by atoms with van der Waals surface area (Å²) in [5.74, 6) is -0.659. The van der Waals surface area contributed by atoms with Gasteiger partial charge in [-0.15, -0.1) is 0 Å². The van der Waals surface area contributed by atoms with Gasteiger partial charge in [0.25, 0.3) is 0 Å². The monoisotopic (exact) mass is 227 g/mol. The summed E-state index contributed by atoms with van der Waals surface area (Å²) in [5.41, 5.74) is 0. The van der Waals surface area contributed by atoms with Crippen LogP contribution in [0.4, 0.5) is 13.2 Å². The first-order valence-corrected chi connectivity index (χ1v) is 4.59. The van der Waals surface area contributed by atoms with E-state index in [1.165, 1.54) is 6.92 Å². The lowest BCUT2D eigenvalue weighted by atomic mass is 10.2.